The van der Waals surface area contributed by atoms with E-state index in [2.05, 4.69) is 111 Å². The Bertz CT molecular complexity index is 1790. The van der Waals surface area contributed by atoms with Crippen LogP contribution in [0.3, 0.4) is 0 Å². The van der Waals surface area contributed by atoms with E-state index in [-0.39, 0.29) is 32.2 Å². The molecule has 0 aromatic heterocycles. The topological polar surface area (TPSA) is 108 Å². The molecule has 0 saturated heterocycles. The fourth-order valence-electron chi connectivity index (χ4n) is 10.7. The van der Waals surface area contributed by atoms with E-state index in [9.17, 15) is 19.5 Å². The summed E-state index contributed by atoms with van der Waals surface area (Å²) in [5, 5.41) is 9.75. The van der Waals surface area contributed by atoms with Gasteiger partial charge in [0.25, 0.3) is 6.29 Å². The summed E-state index contributed by atoms with van der Waals surface area (Å²) in [5.74, 6) is -2.03. The maximum Gasteiger partial charge on any atom is 0.361 e. The highest BCUT2D eigenvalue weighted by molar-refractivity contribution is 5.71. The van der Waals surface area contributed by atoms with E-state index in [0.717, 1.165) is 96.3 Å². The summed E-state index contributed by atoms with van der Waals surface area (Å²) < 4.78 is 23.0. The molecule has 0 rings (SSSR count). The van der Waals surface area contributed by atoms with Crippen LogP contribution in [0.1, 0.15) is 335 Å². The molecule has 0 amide bonds. The Morgan fingerprint density at radius 3 is 0.955 bits per heavy atom. The SMILES string of the molecule is CC/C=C\C/C=C\C/C=C\C/C=C\C/C=C\C/C=C\C/C=C\C/C=C\CCCCCCC(=O)OC(COC(=O)CCCCCCCCCCCCCCCCCCCCCCCCCCCCCCCCCCCCC)COC(OCC[N+](C)(C)C)C(=O)O. The predicted molar refractivity (Wildman–Crippen MR) is 382 cm³/mol. The molecule has 2 atom stereocenters. The van der Waals surface area contributed by atoms with Crippen molar-refractivity contribution in [2.45, 2.75) is 347 Å². The van der Waals surface area contributed by atoms with Crippen molar-refractivity contribution in [2.24, 2.45) is 0 Å². The number of unbranched alkanes of at least 4 members (excludes halogenated alkanes) is 38. The van der Waals surface area contributed by atoms with E-state index in [4.69, 9.17) is 18.9 Å². The van der Waals surface area contributed by atoms with Gasteiger partial charge >= 0.3 is 17.9 Å². The number of rotatable bonds is 69. The van der Waals surface area contributed by atoms with Gasteiger partial charge in [0, 0.05) is 12.8 Å². The minimum atomic E-state index is -1.52. The summed E-state index contributed by atoms with van der Waals surface area (Å²) in [5.41, 5.74) is 0. The van der Waals surface area contributed by atoms with Crippen molar-refractivity contribution in [1.29, 1.82) is 0 Å². The lowest BCUT2D eigenvalue weighted by Gasteiger charge is -2.25. The fraction of sp³-hybridized carbons (Fsp3) is 0.762. The second-order valence-corrected chi connectivity index (χ2v) is 26.2. The van der Waals surface area contributed by atoms with Gasteiger partial charge in [-0.1, -0.05) is 342 Å². The number of allylic oxidation sites excluding steroid dienone is 16. The molecule has 9 heteroatoms. The Morgan fingerprint density at radius 1 is 0.348 bits per heavy atom. The van der Waals surface area contributed by atoms with Gasteiger partial charge in [0.05, 0.1) is 34.4 Å². The molecule has 0 spiro atoms. The van der Waals surface area contributed by atoms with Gasteiger partial charge in [-0.25, -0.2) is 4.79 Å². The summed E-state index contributed by atoms with van der Waals surface area (Å²) in [4.78, 5) is 37.7. The van der Waals surface area contributed by atoms with Crippen LogP contribution >= 0.6 is 0 Å². The number of quaternary nitrogens is 1. The van der Waals surface area contributed by atoms with Crippen molar-refractivity contribution < 1.29 is 42.9 Å². The van der Waals surface area contributed by atoms with Crippen LogP contribution in [0.25, 0.3) is 0 Å². The summed E-state index contributed by atoms with van der Waals surface area (Å²) in [6.45, 7) is 4.77. The molecule has 0 saturated carbocycles. The lowest BCUT2D eigenvalue weighted by atomic mass is 10.0. The van der Waals surface area contributed by atoms with Crippen LogP contribution < -0.4 is 0 Å². The average molecular weight is 1250 g/mol. The van der Waals surface area contributed by atoms with Gasteiger partial charge in [0.2, 0.25) is 0 Å². The molecule has 2 unspecified atom stereocenters. The van der Waals surface area contributed by atoms with Crippen LogP contribution in [0.4, 0.5) is 0 Å². The van der Waals surface area contributed by atoms with E-state index < -0.39 is 24.3 Å². The molecule has 514 valence electrons. The number of esters is 2. The Morgan fingerprint density at radius 2 is 0.640 bits per heavy atom. The number of hydrogen-bond acceptors (Lipinski definition) is 7. The normalized spacial score (nSPS) is 13.2. The summed E-state index contributed by atoms with van der Waals surface area (Å²) in [6.07, 6.45) is 94.1. The molecule has 0 radical (unpaired) electrons. The third-order valence-electron chi connectivity index (χ3n) is 16.4. The second-order valence-electron chi connectivity index (χ2n) is 26.2. The number of carbonyl (C=O) groups excluding carboxylic acids is 2. The van der Waals surface area contributed by atoms with E-state index in [1.165, 1.54) is 205 Å². The first kappa shape index (κ1) is 85.2. The molecule has 0 aromatic rings. The number of aliphatic carboxylic acids is 1. The highest BCUT2D eigenvalue weighted by atomic mass is 16.7. The standard InChI is InChI=1S/C80H141NO8/c1-6-8-10-12-14-16-18-20-22-24-26-28-30-32-34-36-37-38-39-40-41-43-44-46-48-50-52-54-56-58-60-62-64-66-68-70-77(82)87-74-76(75-88-80(79(84)85)86-73-72-81(3,4)5)89-78(83)71-69-67-65-63-61-59-57-55-53-51-49-47-45-42-35-33-31-29-27-25-23-21-19-17-15-13-11-9-7-2/h9,11,15,17,21,23,27,29,33,35,45,47,51,53,57,59,76,80H,6-8,10,12-14,16,18-20,22,24-26,28,30-32,34,36-44,46,48-50,52,54-56,58,60-75H2,1-5H3/p+1/b11-9-,17-15-,23-21-,29-27-,35-33-,47-45-,53-51-,59-57-. The highest BCUT2D eigenvalue weighted by Crippen LogP contribution is 2.19. The summed E-state index contributed by atoms with van der Waals surface area (Å²) >= 11 is 0. The lowest BCUT2D eigenvalue weighted by Crippen LogP contribution is -2.40. The summed E-state index contributed by atoms with van der Waals surface area (Å²) in [7, 11) is 5.97. The first-order valence-corrected chi connectivity index (χ1v) is 37.4. The van der Waals surface area contributed by atoms with Gasteiger partial charge < -0.3 is 28.5 Å². The van der Waals surface area contributed by atoms with Crippen LogP contribution in [-0.4, -0.2) is 87.4 Å². The largest absolute Gasteiger partial charge is 0.477 e. The van der Waals surface area contributed by atoms with Gasteiger partial charge in [-0.05, 0) is 77.0 Å². The van der Waals surface area contributed by atoms with Crippen LogP contribution in [0.2, 0.25) is 0 Å². The van der Waals surface area contributed by atoms with E-state index in [1.54, 1.807) is 0 Å². The molecular weight excluding hydrogens is 1100 g/mol. The second kappa shape index (κ2) is 70.1. The molecular formula is C80H142NO8+. The zero-order valence-electron chi connectivity index (χ0n) is 58.8. The molecule has 9 nitrogen and oxygen atoms in total. The van der Waals surface area contributed by atoms with E-state index in [0.29, 0.717) is 23.9 Å². The third kappa shape index (κ3) is 71.5. The van der Waals surface area contributed by atoms with Crippen molar-refractivity contribution in [3.63, 3.8) is 0 Å². The number of hydrogen-bond donors (Lipinski definition) is 1. The van der Waals surface area contributed by atoms with E-state index in [1.807, 2.05) is 21.1 Å². The summed E-state index contributed by atoms with van der Waals surface area (Å²) in [6, 6.07) is 0. The van der Waals surface area contributed by atoms with Crippen LogP contribution in [0.15, 0.2) is 97.2 Å². The van der Waals surface area contributed by atoms with Crippen molar-refractivity contribution in [3.8, 4) is 0 Å². The predicted octanol–water partition coefficient (Wildman–Crippen LogP) is 23.6. The van der Waals surface area contributed by atoms with Gasteiger partial charge in [0.15, 0.2) is 6.10 Å². The molecule has 0 bridgehead atoms. The van der Waals surface area contributed by atoms with Gasteiger partial charge in [-0.3, -0.25) is 9.59 Å². The first-order valence-electron chi connectivity index (χ1n) is 37.4. The zero-order valence-corrected chi connectivity index (χ0v) is 58.8. The van der Waals surface area contributed by atoms with Crippen molar-refractivity contribution in [1.82, 2.24) is 0 Å². The zero-order chi connectivity index (χ0) is 64.7. The molecule has 0 aliphatic carbocycles. The van der Waals surface area contributed by atoms with Crippen molar-refractivity contribution >= 4 is 17.9 Å². The molecule has 0 aromatic carbocycles. The number of nitrogens with zero attached hydrogens (tertiary/aromatic N) is 1. The minimum absolute atomic E-state index is 0.179. The van der Waals surface area contributed by atoms with Gasteiger partial charge in [-0.2, -0.15) is 0 Å². The van der Waals surface area contributed by atoms with Crippen molar-refractivity contribution in [2.75, 3.05) is 47.5 Å². The quantitative estimate of drug-likeness (QED) is 0.0211. The number of carboxylic acids is 1. The van der Waals surface area contributed by atoms with E-state index >= 15 is 0 Å². The maximum atomic E-state index is 12.9. The average Bonchev–Trinajstić information content (AvgIpc) is 3.71. The minimum Gasteiger partial charge on any atom is -0.477 e. The first-order chi connectivity index (χ1) is 43.6. The number of likely N-dealkylation sites (N-methyl/N-ethyl adjacent to an activating group) is 1. The molecule has 0 fully saturated rings. The smallest absolute Gasteiger partial charge is 0.361 e. The van der Waals surface area contributed by atoms with Crippen LogP contribution in [0, 0.1) is 0 Å². The molecule has 0 heterocycles. The lowest BCUT2D eigenvalue weighted by molar-refractivity contribution is -0.870. The monoisotopic (exact) mass is 1250 g/mol. The number of carbonyl (C=O) groups is 3. The Balaban J connectivity index is 4.10. The molecule has 0 aliphatic rings. The Labute approximate surface area is 550 Å². The van der Waals surface area contributed by atoms with Gasteiger partial charge in [0.1, 0.15) is 13.2 Å². The molecule has 89 heavy (non-hydrogen) atoms. The third-order valence-corrected chi connectivity index (χ3v) is 16.4. The Hall–Kier alpha value is -3.79. The maximum absolute atomic E-state index is 12.9. The molecule has 1 N–H and O–H groups in total. The van der Waals surface area contributed by atoms with Gasteiger partial charge in [-0.15, -0.1) is 0 Å². The van der Waals surface area contributed by atoms with Crippen LogP contribution in [-0.2, 0) is 33.3 Å². The van der Waals surface area contributed by atoms with Crippen molar-refractivity contribution in [3.05, 3.63) is 97.2 Å². The Kier molecular flexibility index (Phi) is 67.1. The fourth-order valence-corrected chi connectivity index (χ4v) is 10.7. The van der Waals surface area contributed by atoms with Crippen LogP contribution in [0.5, 0.6) is 0 Å². The highest BCUT2D eigenvalue weighted by Gasteiger charge is 2.25. The molecule has 0 aliphatic heterocycles. The number of ether oxygens (including phenoxy) is 4. The number of carboxylic acid groups (broad SMARTS) is 1.